The summed E-state index contributed by atoms with van der Waals surface area (Å²) in [6, 6.07) is 8.70. The van der Waals surface area contributed by atoms with Crippen molar-refractivity contribution in [3.63, 3.8) is 0 Å². The molecule has 0 atom stereocenters. The zero-order valence-corrected chi connectivity index (χ0v) is 12.1. The van der Waals surface area contributed by atoms with E-state index in [-0.39, 0.29) is 0 Å². The Bertz CT molecular complexity index is 471. The molecule has 0 bridgehead atoms. The van der Waals surface area contributed by atoms with E-state index >= 15 is 0 Å². The molecule has 0 saturated carbocycles. The second kappa shape index (κ2) is 5.69. The third kappa shape index (κ3) is 3.11. The maximum absolute atomic E-state index is 4.50. The fourth-order valence-corrected chi connectivity index (χ4v) is 3.13. The highest BCUT2D eigenvalue weighted by atomic mass is 32.2. The first-order valence-electron chi connectivity index (χ1n) is 5.89. The average molecular weight is 263 g/mol. The number of nitrogens with zero attached hydrogens (tertiary/aromatic N) is 1. The Labute approximate surface area is 111 Å². The number of benzene rings is 1. The van der Waals surface area contributed by atoms with Crippen LogP contribution < -0.4 is 0 Å². The molecular weight excluding hydrogens is 246 g/mol. The van der Waals surface area contributed by atoms with Crippen molar-refractivity contribution in [1.29, 1.82) is 0 Å². The summed E-state index contributed by atoms with van der Waals surface area (Å²) in [6.07, 6.45) is 2.00. The van der Waals surface area contributed by atoms with E-state index in [1.54, 1.807) is 11.3 Å². The molecular formula is C14H17NS2. The maximum Gasteiger partial charge on any atom is 0.123 e. The predicted octanol–water partition coefficient (Wildman–Crippen LogP) is 5.05. The molecule has 90 valence electrons. The first-order chi connectivity index (χ1) is 8.20. The van der Waals surface area contributed by atoms with E-state index in [9.17, 15) is 0 Å². The highest BCUT2D eigenvalue weighted by Gasteiger charge is 2.07. The van der Waals surface area contributed by atoms with Gasteiger partial charge in [0.2, 0.25) is 0 Å². The van der Waals surface area contributed by atoms with Crippen molar-refractivity contribution in [2.45, 2.75) is 31.6 Å². The SMILES string of the molecule is CCSc1ccc(-c2ncc(C(C)C)s2)cc1. The van der Waals surface area contributed by atoms with Gasteiger partial charge in [-0.25, -0.2) is 4.98 Å². The lowest BCUT2D eigenvalue weighted by Gasteiger charge is -2.00. The predicted molar refractivity (Wildman–Crippen MR) is 78.0 cm³/mol. The van der Waals surface area contributed by atoms with Gasteiger partial charge in [-0.15, -0.1) is 23.1 Å². The molecule has 0 fully saturated rings. The molecule has 1 aromatic heterocycles. The first kappa shape index (κ1) is 12.7. The lowest BCUT2D eigenvalue weighted by atomic mass is 10.2. The molecule has 2 rings (SSSR count). The Hall–Kier alpha value is -0.800. The molecule has 0 aliphatic carbocycles. The van der Waals surface area contributed by atoms with E-state index in [1.807, 2.05) is 18.0 Å². The fourth-order valence-electron chi connectivity index (χ4n) is 1.55. The molecule has 0 aliphatic heterocycles. The van der Waals surface area contributed by atoms with Gasteiger partial charge in [0.05, 0.1) is 0 Å². The fraction of sp³-hybridized carbons (Fsp3) is 0.357. The van der Waals surface area contributed by atoms with E-state index in [0.29, 0.717) is 5.92 Å². The van der Waals surface area contributed by atoms with Gasteiger partial charge in [0, 0.05) is 21.5 Å². The van der Waals surface area contributed by atoms with Crippen molar-refractivity contribution in [3.8, 4) is 10.6 Å². The molecule has 0 unspecified atom stereocenters. The highest BCUT2D eigenvalue weighted by molar-refractivity contribution is 7.99. The van der Waals surface area contributed by atoms with Crippen LogP contribution in [0.3, 0.4) is 0 Å². The monoisotopic (exact) mass is 263 g/mol. The third-order valence-electron chi connectivity index (χ3n) is 2.50. The van der Waals surface area contributed by atoms with E-state index in [2.05, 4.69) is 50.0 Å². The molecule has 1 heterocycles. The van der Waals surface area contributed by atoms with Gasteiger partial charge in [-0.2, -0.15) is 0 Å². The van der Waals surface area contributed by atoms with Crippen LogP contribution in [0, 0.1) is 0 Å². The minimum atomic E-state index is 0.566. The van der Waals surface area contributed by atoms with Gasteiger partial charge in [0.15, 0.2) is 0 Å². The summed E-state index contributed by atoms with van der Waals surface area (Å²) in [5.41, 5.74) is 1.22. The zero-order valence-electron chi connectivity index (χ0n) is 10.4. The highest BCUT2D eigenvalue weighted by Crippen LogP contribution is 2.30. The number of thiazole rings is 1. The van der Waals surface area contributed by atoms with Crippen LogP contribution in [0.25, 0.3) is 10.6 Å². The zero-order chi connectivity index (χ0) is 12.3. The van der Waals surface area contributed by atoms with Gasteiger partial charge in [0.25, 0.3) is 0 Å². The van der Waals surface area contributed by atoms with Crippen LogP contribution in [-0.2, 0) is 0 Å². The Kier molecular flexibility index (Phi) is 4.24. The Balaban J connectivity index is 2.21. The van der Waals surface area contributed by atoms with Crippen LogP contribution in [0.4, 0.5) is 0 Å². The molecule has 0 aliphatic rings. The molecule has 1 aromatic carbocycles. The van der Waals surface area contributed by atoms with E-state index in [4.69, 9.17) is 0 Å². The van der Waals surface area contributed by atoms with Crippen molar-refractivity contribution in [2.24, 2.45) is 0 Å². The Morgan fingerprint density at radius 1 is 1.24 bits per heavy atom. The quantitative estimate of drug-likeness (QED) is 0.716. The first-order valence-corrected chi connectivity index (χ1v) is 7.70. The summed E-state index contributed by atoms with van der Waals surface area (Å²) in [7, 11) is 0. The largest absolute Gasteiger partial charge is 0.244 e. The van der Waals surface area contributed by atoms with Crippen LogP contribution in [0.5, 0.6) is 0 Å². The number of hydrogen-bond donors (Lipinski definition) is 0. The maximum atomic E-state index is 4.50. The Morgan fingerprint density at radius 3 is 2.47 bits per heavy atom. The van der Waals surface area contributed by atoms with E-state index in [1.165, 1.54) is 15.3 Å². The lowest BCUT2D eigenvalue weighted by Crippen LogP contribution is -1.77. The summed E-state index contributed by atoms with van der Waals surface area (Å²) in [4.78, 5) is 7.18. The van der Waals surface area contributed by atoms with Gasteiger partial charge >= 0.3 is 0 Å². The molecule has 3 heteroatoms. The van der Waals surface area contributed by atoms with Gasteiger partial charge in [-0.3, -0.25) is 0 Å². The number of hydrogen-bond acceptors (Lipinski definition) is 3. The van der Waals surface area contributed by atoms with Crippen LogP contribution in [0.1, 0.15) is 31.6 Å². The topological polar surface area (TPSA) is 12.9 Å². The van der Waals surface area contributed by atoms with Gasteiger partial charge in [-0.1, -0.05) is 32.9 Å². The van der Waals surface area contributed by atoms with Crippen LogP contribution in [-0.4, -0.2) is 10.7 Å². The van der Waals surface area contributed by atoms with Crippen molar-refractivity contribution >= 4 is 23.1 Å². The van der Waals surface area contributed by atoms with Gasteiger partial charge in [-0.05, 0) is 23.8 Å². The molecule has 0 spiro atoms. The van der Waals surface area contributed by atoms with Gasteiger partial charge in [0.1, 0.15) is 5.01 Å². The second-order valence-corrected chi connectivity index (χ2v) is 6.58. The molecule has 1 nitrogen and oxygen atoms in total. The summed E-state index contributed by atoms with van der Waals surface area (Å²) >= 11 is 3.67. The molecule has 0 amide bonds. The second-order valence-electron chi connectivity index (χ2n) is 4.18. The normalized spacial score (nSPS) is 11.1. The summed E-state index contributed by atoms with van der Waals surface area (Å²) < 4.78 is 0. The minimum Gasteiger partial charge on any atom is -0.244 e. The molecule has 17 heavy (non-hydrogen) atoms. The third-order valence-corrected chi connectivity index (χ3v) is 4.75. The van der Waals surface area contributed by atoms with Gasteiger partial charge < -0.3 is 0 Å². The minimum absolute atomic E-state index is 0.566. The molecule has 0 saturated heterocycles. The van der Waals surface area contributed by atoms with E-state index in [0.717, 1.165) is 10.8 Å². The number of thioether (sulfide) groups is 1. The van der Waals surface area contributed by atoms with Crippen molar-refractivity contribution < 1.29 is 0 Å². The standard InChI is InChI=1S/C14H17NS2/c1-4-16-12-7-5-11(6-8-12)14-15-9-13(17-14)10(2)3/h5-10H,4H2,1-3H3. The lowest BCUT2D eigenvalue weighted by molar-refractivity contribution is 0.885. The summed E-state index contributed by atoms with van der Waals surface area (Å²) in [5, 5.41) is 1.13. The number of aromatic nitrogens is 1. The van der Waals surface area contributed by atoms with Crippen molar-refractivity contribution in [1.82, 2.24) is 4.98 Å². The average Bonchev–Trinajstić information content (AvgIpc) is 2.80. The molecule has 0 radical (unpaired) electrons. The smallest absolute Gasteiger partial charge is 0.123 e. The van der Waals surface area contributed by atoms with Crippen LogP contribution >= 0.6 is 23.1 Å². The summed E-state index contributed by atoms with van der Waals surface area (Å²) in [6.45, 7) is 6.59. The van der Waals surface area contributed by atoms with Crippen LogP contribution in [0.15, 0.2) is 35.4 Å². The molecule has 0 N–H and O–H groups in total. The van der Waals surface area contributed by atoms with Crippen molar-refractivity contribution in [2.75, 3.05) is 5.75 Å². The van der Waals surface area contributed by atoms with Crippen molar-refractivity contribution in [3.05, 3.63) is 35.3 Å². The number of rotatable bonds is 4. The Morgan fingerprint density at radius 2 is 1.94 bits per heavy atom. The summed E-state index contributed by atoms with van der Waals surface area (Å²) in [5.74, 6) is 1.69. The molecule has 2 aromatic rings. The van der Waals surface area contributed by atoms with E-state index < -0.39 is 0 Å². The van der Waals surface area contributed by atoms with Crippen LogP contribution in [0.2, 0.25) is 0 Å².